The SMILES string of the molecule is COC(=O)C(Br)Cc1c[nH]c2cccc(OC)c12. The van der Waals surface area contributed by atoms with Crippen molar-refractivity contribution in [3.05, 3.63) is 30.0 Å². The summed E-state index contributed by atoms with van der Waals surface area (Å²) in [6, 6.07) is 5.80. The van der Waals surface area contributed by atoms with Crippen LogP contribution in [0.1, 0.15) is 5.56 Å². The molecule has 0 aliphatic heterocycles. The van der Waals surface area contributed by atoms with Gasteiger partial charge in [0.15, 0.2) is 0 Å². The van der Waals surface area contributed by atoms with Gasteiger partial charge in [0.25, 0.3) is 0 Å². The van der Waals surface area contributed by atoms with Gasteiger partial charge in [-0.25, -0.2) is 0 Å². The predicted molar refractivity (Wildman–Crippen MR) is 73.3 cm³/mol. The summed E-state index contributed by atoms with van der Waals surface area (Å²) in [7, 11) is 3.02. The molecular weight excluding hydrogens is 298 g/mol. The van der Waals surface area contributed by atoms with E-state index in [0.29, 0.717) is 6.42 Å². The quantitative estimate of drug-likeness (QED) is 0.697. The molecule has 5 heteroatoms. The average molecular weight is 312 g/mol. The maximum Gasteiger partial charge on any atom is 0.319 e. The second kappa shape index (κ2) is 5.44. The minimum atomic E-state index is -0.355. The number of fused-ring (bicyclic) bond motifs is 1. The van der Waals surface area contributed by atoms with Crippen molar-refractivity contribution in [2.75, 3.05) is 14.2 Å². The monoisotopic (exact) mass is 311 g/mol. The summed E-state index contributed by atoms with van der Waals surface area (Å²) in [6.07, 6.45) is 2.44. The number of ether oxygens (including phenoxy) is 2. The Morgan fingerprint density at radius 3 is 2.89 bits per heavy atom. The summed E-state index contributed by atoms with van der Waals surface area (Å²) in [6.45, 7) is 0. The number of esters is 1. The van der Waals surface area contributed by atoms with Gasteiger partial charge in [-0.15, -0.1) is 0 Å². The lowest BCUT2D eigenvalue weighted by Gasteiger charge is -2.08. The van der Waals surface area contributed by atoms with E-state index in [9.17, 15) is 4.79 Å². The molecule has 1 aromatic carbocycles. The summed E-state index contributed by atoms with van der Waals surface area (Å²) in [4.78, 5) is 14.2. The van der Waals surface area contributed by atoms with Gasteiger partial charge in [-0.05, 0) is 24.1 Å². The van der Waals surface area contributed by atoms with Crippen LogP contribution in [-0.2, 0) is 16.0 Å². The van der Waals surface area contributed by atoms with E-state index in [2.05, 4.69) is 20.9 Å². The maximum atomic E-state index is 11.4. The molecule has 0 aliphatic rings. The molecule has 2 rings (SSSR count). The van der Waals surface area contributed by atoms with Gasteiger partial charge in [0.05, 0.1) is 14.2 Å². The molecule has 1 unspecified atom stereocenters. The van der Waals surface area contributed by atoms with E-state index < -0.39 is 0 Å². The van der Waals surface area contributed by atoms with Crippen LogP contribution < -0.4 is 4.74 Å². The zero-order valence-corrected chi connectivity index (χ0v) is 11.8. The van der Waals surface area contributed by atoms with Crippen molar-refractivity contribution in [2.45, 2.75) is 11.2 Å². The molecule has 1 heterocycles. The Kier molecular flexibility index (Phi) is 3.91. The molecule has 96 valence electrons. The van der Waals surface area contributed by atoms with Crippen LogP contribution in [0.2, 0.25) is 0 Å². The van der Waals surface area contributed by atoms with Gasteiger partial charge in [-0.1, -0.05) is 22.0 Å². The third-order valence-corrected chi connectivity index (χ3v) is 3.52. The highest BCUT2D eigenvalue weighted by atomic mass is 79.9. The van der Waals surface area contributed by atoms with E-state index in [1.807, 2.05) is 24.4 Å². The van der Waals surface area contributed by atoms with Gasteiger partial charge >= 0.3 is 5.97 Å². The average Bonchev–Trinajstić information content (AvgIpc) is 2.81. The number of rotatable bonds is 4. The molecule has 2 aromatic rings. The van der Waals surface area contributed by atoms with Crippen molar-refractivity contribution in [2.24, 2.45) is 0 Å². The standard InChI is InChI=1S/C13H14BrNO3/c1-17-11-5-3-4-10-12(11)8(7-15-10)6-9(14)13(16)18-2/h3-5,7,9,15H,6H2,1-2H3. The summed E-state index contributed by atoms with van der Waals surface area (Å²) in [5.41, 5.74) is 2.02. The number of benzene rings is 1. The minimum Gasteiger partial charge on any atom is -0.496 e. The zero-order valence-electron chi connectivity index (χ0n) is 10.2. The third-order valence-electron chi connectivity index (χ3n) is 2.83. The molecule has 0 saturated heterocycles. The number of alkyl halides is 1. The van der Waals surface area contributed by atoms with Gasteiger partial charge in [-0.3, -0.25) is 4.79 Å². The van der Waals surface area contributed by atoms with Crippen molar-refractivity contribution < 1.29 is 14.3 Å². The van der Waals surface area contributed by atoms with E-state index in [4.69, 9.17) is 9.47 Å². The van der Waals surface area contributed by atoms with Crippen molar-refractivity contribution >= 4 is 32.8 Å². The molecule has 0 radical (unpaired) electrons. The fourth-order valence-electron chi connectivity index (χ4n) is 1.96. The fourth-order valence-corrected chi connectivity index (χ4v) is 2.49. The van der Waals surface area contributed by atoms with Crippen LogP contribution in [0.5, 0.6) is 5.75 Å². The van der Waals surface area contributed by atoms with Crippen molar-refractivity contribution in [1.29, 1.82) is 0 Å². The predicted octanol–water partition coefficient (Wildman–Crippen LogP) is 2.66. The molecule has 1 atom stereocenters. The molecule has 0 aliphatic carbocycles. The fraction of sp³-hybridized carbons (Fsp3) is 0.308. The summed E-state index contributed by atoms with van der Waals surface area (Å²) in [5, 5.41) is 1.01. The Morgan fingerprint density at radius 1 is 1.44 bits per heavy atom. The Hall–Kier alpha value is -1.49. The Bertz CT molecular complexity index is 564. The molecule has 0 spiro atoms. The number of nitrogens with one attached hydrogen (secondary N) is 1. The van der Waals surface area contributed by atoms with Gasteiger partial charge in [0, 0.05) is 17.1 Å². The van der Waals surface area contributed by atoms with Crippen LogP contribution >= 0.6 is 15.9 Å². The van der Waals surface area contributed by atoms with Gasteiger partial charge < -0.3 is 14.5 Å². The summed E-state index contributed by atoms with van der Waals surface area (Å²) in [5.74, 6) is 0.521. The first kappa shape index (κ1) is 13.0. The smallest absolute Gasteiger partial charge is 0.319 e. The Morgan fingerprint density at radius 2 is 2.22 bits per heavy atom. The third kappa shape index (κ3) is 2.36. The van der Waals surface area contributed by atoms with E-state index >= 15 is 0 Å². The lowest BCUT2D eigenvalue weighted by molar-refractivity contribution is -0.139. The summed E-state index contributed by atoms with van der Waals surface area (Å²) < 4.78 is 10.0. The topological polar surface area (TPSA) is 51.3 Å². The zero-order chi connectivity index (χ0) is 13.1. The highest BCUT2D eigenvalue weighted by Gasteiger charge is 2.19. The van der Waals surface area contributed by atoms with Crippen LogP contribution in [0.15, 0.2) is 24.4 Å². The largest absolute Gasteiger partial charge is 0.496 e. The van der Waals surface area contributed by atoms with Crippen LogP contribution in [0.3, 0.4) is 0 Å². The number of carbonyl (C=O) groups excluding carboxylic acids is 1. The van der Waals surface area contributed by atoms with Crippen LogP contribution in [-0.4, -0.2) is 30.0 Å². The molecular formula is C13H14BrNO3. The molecule has 18 heavy (non-hydrogen) atoms. The first-order valence-electron chi connectivity index (χ1n) is 5.52. The number of halogens is 1. The first-order valence-corrected chi connectivity index (χ1v) is 6.43. The number of hydrogen-bond acceptors (Lipinski definition) is 3. The number of methoxy groups -OCH3 is 2. The lowest BCUT2D eigenvalue weighted by Crippen LogP contribution is -2.17. The Labute approximate surface area is 113 Å². The molecule has 0 amide bonds. The molecule has 4 nitrogen and oxygen atoms in total. The number of H-pyrrole nitrogens is 1. The second-order valence-corrected chi connectivity index (χ2v) is 5.00. The number of aromatic nitrogens is 1. The van der Waals surface area contributed by atoms with Gasteiger partial charge in [0.2, 0.25) is 0 Å². The second-order valence-electron chi connectivity index (χ2n) is 3.89. The van der Waals surface area contributed by atoms with E-state index in [0.717, 1.165) is 22.2 Å². The van der Waals surface area contributed by atoms with Crippen LogP contribution in [0.25, 0.3) is 10.9 Å². The molecule has 0 saturated carbocycles. The summed E-state index contributed by atoms with van der Waals surface area (Å²) >= 11 is 3.33. The molecule has 0 bridgehead atoms. The normalized spacial score (nSPS) is 12.4. The Balaban J connectivity index is 2.37. The van der Waals surface area contributed by atoms with Crippen LogP contribution in [0.4, 0.5) is 0 Å². The number of aromatic amines is 1. The van der Waals surface area contributed by atoms with Crippen LogP contribution in [0, 0.1) is 0 Å². The number of carbonyl (C=O) groups is 1. The van der Waals surface area contributed by atoms with E-state index in [1.54, 1.807) is 7.11 Å². The van der Waals surface area contributed by atoms with Gasteiger partial charge in [0.1, 0.15) is 10.6 Å². The van der Waals surface area contributed by atoms with E-state index in [1.165, 1.54) is 7.11 Å². The molecule has 1 N–H and O–H groups in total. The van der Waals surface area contributed by atoms with Crippen molar-refractivity contribution in [1.82, 2.24) is 4.98 Å². The van der Waals surface area contributed by atoms with Crippen molar-refractivity contribution in [3.63, 3.8) is 0 Å². The first-order chi connectivity index (χ1) is 8.67. The highest BCUT2D eigenvalue weighted by Crippen LogP contribution is 2.30. The molecule has 0 fully saturated rings. The lowest BCUT2D eigenvalue weighted by atomic mass is 10.1. The van der Waals surface area contributed by atoms with E-state index in [-0.39, 0.29) is 10.8 Å². The highest BCUT2D eigenvalue weighted by molar-refractivity contribution is 9.10. The van der Waals surface area contributed by atoms with Gasteiger partial charge in [-0.2, -0.15) is 0 Å². The maximum absolute atomic E-state index is 11.4. The number of hydrogen-bond donors (Lipinski definition) is 1. The molecule has 1 aromatic heterocycles. The van der Waals surface area contributed by atoms with Crippen molar-refractivity contribution in [3.8, 4) is 5.75 Å². The minimum absolute atomic E-state index is 0.278.